The maximum absolute atomic E-state index is 12.1. The normalized spacial score (nSPS) is 16.4. The van der Waals surface area contributed by atoms with Crippen LogP contribution in [0.3, 0.4) is 0 Å². The molecule has 0 aliphatic carbocycles. The molecule has 2 amide bonds. The van der Waals surface area contributed by atoms with Gasteiger partial charge in [0, 0.05) is 30.2 Å². The number of hydrogen-bond acceptors (Lipinski definition) is 4. The quantitative estimate of drug-likeness (QED) is 0.811. The average molecular weight is 352 g/mol. The molecule has 3 N–H and O–H groups in total. The Hall–Kier alpha value is -1.76. The Labute approximate surface area is 144 Å². The zero-order valence-corrected chi connectivity index (χ0v) is 14.1. The van der Waals surface area contributed by atoms with E-state index in [1.165, 1.54) is 15.8 Å². The third kappa shape index (κ3) is 3.60. The second-order valence-electron chi connectivity index (χ2n) is 5.08. The summed E-state index contributed by atoms with van der Waals surface area (Å²) < 4.78 is 0. The number of allylic oxidation sites excluding steroid dienone is 1. The summed E-state index contributed by atoms with van der Waals surface area (Å²) in [6.45, 7) is 0.575. The van der Waals surface area contributed by atoms with Gasteiger partial charge < -0.3 is 10.7 Å². The molecular formula is C16H18ClN3O2S. The molecule has 23 heavy (non-hydrogen) atoms. The van der Waals surface area contributed by atoms with Gasteiger partial charge in [0.1, 0.15) is 0 Å². The summed E-state index contributed by atoms with van der Waals surface area (Å²) in [6, 6.07) is 8.13. The van der Waals surface area contributed by atoms with E-state index in [4.69, 9.17) is 5.73 Å². The lowest BCUT2D eigenvalue weighted by molar-refractivity contribution is -0.122. The summed E-state index contributed by atoms with van der Waals surface area (Å²) >= 11 is 0.998. The highest BCUT2D eigenvalue weighted by atomic mass is 35.5. The van der Waals surface area contributed by atoms with Gasteiger partial charge in [0.05, 0.1) is 4.91 Å². The first-order valence-electron chi connectivity index (χ1n) is 7.19. The van der Waals surface area contributed by atoms with Gasteiger partial charge in [-0.25, -0.2) is 0 Å². The Bertz CT molecular complexity index is 757. The zero-order valence-electron chi connectivity index (χ0n) is 12.5. The van der Waals surface area contributed by atoms with E-state index in [0.717, 1.165) is 30.1 Å². The molecule has 0 radical (unpaired) electrons. The predicted molar refractivity (Wildman–Crippen MR) is 95.7 cm³/mol. The van der Waals surface area contributed by atoms with E-state index in [2.05, 4.69) is 11.1 Å². The number of nitrogens with one attached hydrogen (secondary N) is 1. The molecular weight excluding hydrogens is 334 g/mol. The van der Waals surface area contributed by atoms with Crippen LogP contribution in [0.4, 0.5) is 4.79 Å². The first-order chi connectivity index (χ1) is 10.7. The monoisotopic (exact) mass is 351 g/mol. The van der Waals surface area contributed by atoms with Crippen LogP contribution in [0.25, 0.3) is 10.9 Å². The van der Waals surface area contributed by atoms with Crippen LogP contribution in [-0.4, -0.2) is 34.1 Å². The number of para-hydroxylation sites is 1. The van der Waals surface area contributed by atoms with Gasteiger partial charge >= 0.3 is 0 Å². The van der Waals surface area contributed by atoms with Gasteiger partial charge in [-0.05, 0) is 36.2 Å². The molecule has 0 atom stereocenters. The molecule has 0 unspecified atom stereocenters. The lowest BCUT2D eigenvalue weighted by Crippen LogP contribution is -2.33. The summed E-state index contributed by atoms with van der Waals surface area (Å²) in [7, 11) is 0. The molecule has 1 saturated heterocycles. The van der Waals surface area contributed by atoms with Crippen molar-refractivity contribution >= 4 is 46.2 Å². The number of aryl methyl sites for hydroxylation is 1. The summed E-state index contributed by atoms with van der Waals surface area (Å²) in [5, 5.41) is 0.973. The molecule has 0 spiro atoms. The number of halogens is 1. The standard InChI is InChI=1S/C16H17N3O2S.ClH/c17-8-9-19-15(20)14(22-16(19)21)7-3-4-11-10-18-13-6-2-1-5-12(11)13;/h1-2,5-7,10,18H,3-4,8-9,17H2;1H/b14-7-;. The minimum absolute atomic E-state index is 0. The van der Waals surface area contributed by atoms with Crippen LogP contribution in [-0.2, 0) is 11.2 Å². The van der Waals surface area contributed by atoms with E-state index < -0.39 is 0 Å². The van der Waals surface area contributed by atoms with Crippen molar-refractivity contribution in [3.05, 3.63) is 47.0 Å². The molecule has 1 aromatic carbocycles. The second kappa shape index (κ2) is 7.68. The van der Waals surface area contributed by atoms with E-state index in [9.17, 15) is 9.59 Å². The number of aromatic amines is 1. The Morgan fingerprint density at radius 3 is 2.83 bits per heavy atom. The minimum atomic E-state index is -0.228. The number of H-pyrrole nitrogens is 1. The smallest absolute Gasteiger partial charge is 0.293 e. The number of rotatable bonds is 5. The highest BCUT2D eigenvalue weighted by Gasteiger charge is 2.33. The van der Waals surface area contributed by atoms with Crippen LogP contribution < -0.4 is 5.73 Å². The predicted octanol–water partition coefficient (Wildman–Crippen LogP) is 3.06. The molecule has 0 saturated carbocycles. The van der Waals surface area contributed by atoms with Crippen LogP contribution in [0, 0.1) is 0 Å². The molecule has 7 heteroatoms. The lowest BCUT2D eigenvalue weighted by Gasteiger charge is -2.09. The first-order valence-corrected chi connectivity index (χ1v) is 8.01. The Balaban J connectivity index is 0.00000192. The van der Waals surface area contributed by atoms with Gasteiger partial charge in [-0.3, -0.25) is 14.5 Å². The molecule has 2 heterocycles. The SMILES string of the molecule is Cl.NCCN1C(=O)S/C(=C\CCc2c[nH]c3ccccc23)C1=O. The van der Waals surface area contributed by atoms with Gasteiger partial charge in [-0.1, -0.05) is 24.3 Å². The summed E-state index contributed by atoms with van der Waals surface area (Å²) in [4.78, 5) is 28.7. The largest absolute Gasteiger partial charge is 0.361 e. The van der Waals surface area contributed by atoms with Crippen LogP contribution in [0.15, 0.2) is 41.4 Å². The van der Waals surface area contributed by atoms with Gasteiger partial charge in [0.25, 0.3) is 11.1 Å². The number of carbonyl (C=O) groups is 2. The summed E-state index contributed by atoms with van der Waals surface area (Å²) in [5.41, 5.74) is 7.74. The number of imide groups is 1. The fourth-order valence-electron chi connectivity index (χ4n) is 2.56. The van der Waals surface area contributed by atoms with Crippen molar-refractivity contribution in [2.75, 3.05) is 13.1 Å². The van der Waals surface area contributed by atoms with Gasteiger partial charge in [0.2, 0.25) is 0 Å². The number of hydrogen-bond donors (Lipinski definition) is 2. The lowest BCUT2D eigenvalue weighted by atomic mass is 10.1. The van der Waals surface area contributed by atoms with Crippen LogP contribution in [0.2, 0.25) is 0 Å². The molecule has 1 aliphatic rings. The van der Waals surface area contributed by atoms with E-state index in [1.54, 1.807) is 0 Å². The number of carbonyl (C=O) groups excluding carboxylic acids is 2. The maximum atomic E-state index is 12.1. The molecule has 1 aliphatic heterocycles. The molecule has 1 fully saturated rings. The van der Waals surface area contributed by atoms with Crippen molar-refractivity contribution in [1.29, 1.82) is 0 Å². The fraction of sp³-hybridized carbons (Fsp3) is 0.250. The van der Waals surface area contributed by atoms with E-state index in [-0.39, 0.29) is 30.1 Å². The van der Waals surface area contributed by atoms with E-state index in [0.29, 0.717) is 11.4 Å². The number of nitrogens with two attached hydrogens (primary N) is 1. The van der Waals surface area contributed by atoms with Crippen LogP contribution >= 0.6 is 24.2 Å². The fourth-order valence-corrected chi connectivity index (χ4v) is 3.43. The van der Waals surface area contributed by atoms with Crippen LogP contribution in [0.1, 0.15) is 12.0 Å². The van der Waals surface area contributed by atoms with Crippen molar-refractivity contribution in [2.45, 2.75) is 12.8 Å². The van der Waals surface area contributed by atoms with Crippen molar-refractivity contribution in [3.8, 4) is 0 Å². The molecule has 5 nitrogen and oxygen atoms in total. The first kappa shape index (κ1) is 17.6. The Kier molecular flexibility index (Phi) is 5.87. The van der Waals surface area contributed by atoms with Crippen LogP contribution in [0.5, 0.6) is 0 Å². The van der Waals surface area contributed by atoms with Gasteiger partial charge in [-0.15, -0.1) is 12.4 Å². The van der Waals surface area contributed by atoms with E-state index >= 15 is 0 Å². The molecule has 122 valence electrons. The topological polar surface area (TPSA) is 79.2 Å². The maximum Gasteiger partial charge on any atom is 0.293 e. The zero-order chi connectivity index (χ0) is 15.5. The summed E-state index contributed by atoms with van der Waals surface area (Å²) in [5.74, 6) is -0.223. The Morgan fingerprint density at radius 1 is 1.26 bits per heavy atom. The van der Waals surface area contributed by atoms with E-state index in [1.807, 2.05) is 30.5 Å². The minimum Gasteiger partial charge on any atom is -0.361 e. The summed E-state index contributed by atoms with van der Waals surface area (Å²) in [6.07, 6.45) is 5.40. The molecule has 3 rings (SSSR count). The highest BCUT2D eigenvalue weighted by Crippen LogP contribution is 2.30. The third-order valence-corrected chi connectivity index (χ3v) is 4.60. The Morgan fingerprint density at radius 2 is 2.04 bits per heavy atom. The number of fused-ring (bicyclic) bond motifs is 1. The average Bonchev–Trinajstić information content (AvgIpc) is 3.05. The van der Waals surface area contributed by atoms with Crippen molar-refractivity contribution in [3.63, 3.8) is 0 Å². The van der Waals surface area contributed by atoms with Crippen molar-refractivity contribution in [1.82, 2.24) is 9.88 Å². The number of benzene rings is 1. The van der Waals surface area contributed by atoms with Crippen molar-refractivity contribution in [2.24, 2.45) is 5.73 Å². The third-order valence-electron chi connectivity index (χ3n) is 3.64. The van der Waals surface area contributed by atoms with Gasteiger partial charge in [0.15, 0.2) is 0 Å². The number of amides is 2. The molecule has 1 aromatic heterocycles. The number of aromatic nitrogens is 1. The molecule has 2 aromatic rings. The number of nitrogens with zero attached hydrogens (tertiary/aromatic N) is 1. The van der Waals surface area contributed by atoms with Gasteiger partial charge in [-0.2, -0.15) is 0 Å². The number of thioether (sulfide) groups is 1. The highest BCUT2D eigenvalue weighted by molar-refractivity contribution is 8.18. The second-order valence-corrected chi connectivity index (χ2v) is 6.07. The molecule has 0 bridgehead atoms. The van der Waals surface area contributed by atoms with Crippen molar-refractivity contribution < 1.29 is 9.59 Å².